The maximum absolute atomic E-state index is 11.9. The van der Waals surface area contributed by atoms with Crippen molar-refractivity contribution in [2.75, 3.05) is 7.05 Å². The van der Waals surface area contributed by atoms with Crippen molar-refractivity contribution >= 4 is 34.7 Å². The van der Waals surface area contributed by atoms with Crippen LogP contribution >= 0.6 is 11.8 Å². The second-order valence-electron chi connectivity index (χ2n) is 5.53. The molecule has 0 bridgehead atoms. The molecule has 1 saturated heterocycles. The molecule has 1 aliphatic rings. The normalized spacial score (nSPS) is 15.6. The summed E-state index contributed by atoms with van der Waals surface area (Å²) in [5.41, 5.74) is 1.48. The number of hydrogen-bond donors (Lipinski definition) is 0. The molecule has 8 heteroatoms. The highest BCUT2D eigenvalue weighted by Crippen LogP contribution is 2.31. The molecule has 26 heavy (non-hydrogen) atoms. The third-order valence-corrected chi connectivity index (χ3v) is 4.65. The van der Waals surface area contributed by atoms with Crippen LogP contribution in [0.25, 0.3) is 6.08 Å². The Morgan fingerprint density at radius 2 is 1.92 bits per heavy atom. The fourth-order valence-electron chi connectivity index (χ4n) is 2.28. The first-order valence-electron chi connectivity index (χ1n) is 7.62. The van der Waals surface area contributed by atoms with Crippen molar-refractivity contribution in [3.8, 4) is 5.75 Å². The second kappa shape index (κ2) is 7.40. The molecule has 1 heterocycles. The maximum Gasteiger partial charge on any atom is 0.293 e. The summed E-state index contributed by atoms with van der Waals surface area (Å²) in [6, 6.07) is 13.3. The van der Waals surface area contributed by atoms with Gasteiger partial charge in [0.05, 0.1) is 9.83 Å². The molecule has 132 valence electrons. The molecule has 2 amide bonds. The number of benzene rings is 2. The summed E-state index contributed by atoms with van der Waals surface area (Å²) in [6.45, 7) is 0.204. The van der Waals surface area contributed by atoms with Gasteiger partial charge in [0.1, 0.15) is 12.4 Å². The van der Waals surface area contributed by atoms with Crippen LogP contribution in [0.3, 0.4) is 0 Å². The molecule has 0 saturated carbocycles. The predicted molar refractivity (Wildman–Crippen MR) is 97.6 cm³/mol. The van der Waals surface area contributed by atoms with Gasteiger partial charge in [-0.2, -0.15) is 0 Å². The van der Waals surface area contributed by atoms with Crippen LogP contribution in [-0.4, -0.2) is 28.0 Å². The van der Waals surface area contributed by atoms with Gasteiger partial charge >= 0.3 is 0 Å². The van der Waals surface area contributed by atoms with Crippen LogP contribution in [0, 0.1) is 10.1 Å². The van der Waals surface area contributed by atoms with E-state index in [1.807, 2.05) is 0 Å². The van der Waals surface area contributed by atoms with Gasteiger partial charge in [-0.3, -0.25) is 24.6 Å². The van der Waals surface area contributed by atoms with Gasteiger partial charge in [0.15, 0.2) is 0 Å². The van der Waals surface area contributed by atoms with Crippen LogP contribution in [0.15, 0.2) is 53.4 Å². The van der Waals surface area contributed by atoms with E-state index in [1.54, 1.807) is 42.5 Å². The number of carbonyl (C=O) groups is 2. The largest absolute Gasteiger partial charge is 0.489 e. The first-order chi connectivity index (χ1) is 12.4. The molecule has 0 aromatic heterocycles. The lowest BCUT2D eigenvalue weighted by Gasteiger charge is -2.06. The number of carbonyl (C=O) groups excluding carboxylic acids is 2. The van der Waals surface area contributed by atoms with E-state index in [0.29, 0.717) is 16.2 Å². The Morgan fingerprint density at radius 1 is 1.19 bits per heavy atom. The minimum absolute atomic E-state index is 0.0197. The number of rotatable bonds is 5. The van der Waals surface area contributed by atoms with Crippen LogP contribution in [-0.2, 0) is 11.4 Å². The van der Waals surface area contributed by atoms with Crippen LogP contribution < -0.4 is 4.74 Å². The Kier molecular flexibility index (Phi) is 5.04. The van der Waals surface area contributed by atoms with E-state index in [9.17, 15) is 19.7 Å². The van der Waals surface area contributed by atoms with Crippen molar-refractivity contribution in [3.05, 3.63) is 74.7 Å². The van der Waals surface area contributed by atoms with Gasteiger partial charge in [0.2, 0.25) is 0 Å². The van der Waals surface area contributed by atoms with Crippen molar-refractivity contribution in [1.29, 1.82) is 0 Å². The summed E-state index contributed by atoms with van der Waals surface area (Å²) in [5, 5.41) is 10.5. The zero-order valence-electron chi connectivity index (χ0n) is 13.7. The van der Waals surface area contributed by atoms with Gasteiger partial charge in [-0.25, -0.2) is 0 Å². The van der Waals surface area contributed by atoms with E-state index in [-0.39, 0.29) is 23.4 Å². The Hall–Kier alpha value is -3.13. The van der Waals surface area contributed by atoms with Gasteiger partial charge in [0.25, 0.3) is 16.8 Å². The minimum Gasteiger partial charge on any atom is -0.489 e. The number of nitrogens with zero attached hydrogens (tertiary/aromatic N) is 2. The van der Waals surface area contributed by atoms with E-state index in [1.165, 1.54) is 19.2 Å². The van der Waals surface area contributed by atoms with Gasteiger partial charge in [-0.05, 0) is 41.1 Å². The van der Waals surface area contributed by atoms with Gasteiger partial charge in [-0.15, -0.1) is 0 Å². The lowest BCUT2D eigenvalue weighted by Crippen LogP contribution is -2.22. The molecular weight excluding hydrogens is 356 g/mol. The van der Waals surface area contributed by atoms with Crippen molar-refractivity contribution in [3.63, 3.8) is 0 Å². The fourth-order valence-corrected chi connectivity index (χ4v) is 3.11. The smallest absolute Gasteiger partial charge is 0.293 e. The number of nitro benzene ring substituents is 1. The summed E-state index contributed by atoms with van der Waals surface area (Å²) in [4.78, 5) is 35.1. The first-order valence-corrected chi connectivity index (χ1v) is 8.43. The Balaban J connectivity index is 1.65. The topological polar surface area (TPSA) is 89.8 Å². The summed E-state index contributed by atoms with van der Waals surface area (Å²) in [5.74, 6) is 0.281. The monoisotopic (exact) mass is 370 g/mol. The quantitative estimate of drug-likeness (QED) is 0.451. The molecule has 1 aliphatic heterocycles. The highest BCUT2D eigenvalue weighted by molar-refractivity contribution is 8.18. The van der Waals surface area contributed by atoms with E-state index >= 15 is 0 Å². The van der Waals surface area contributed by atoms with Crippen LogP contribution in [0.5, 0.6) is 5.75 Å². The standard InChI is InChI=1S/C18H14N2O5S/c1-19-17(21)16(26-18(19)22)10-12-5-7-15(8-6-12)25-11-13-3-2-4-14(9-13)20(23)24/h2-10H,11H2,1H3/b16-10+. The lowest BCUT2D eigenvalue weighted by atomic mass is 10.2. The average Bonchev–Trinajstić information content (AvgIpc) is 2.88. The summed E-state index contributed by atoms with van der Waals surface area (Å²) in [7, 11) is 1.45. The zero-order chi connectivity index (χ0) is 18.7. The van der Waals surface area contributed by atoms with Crippen molar-refractivity contribution in [2.24, 2.45) is 0 Å². The molecule has 1 fully saturated rings. The molecule has 0 radical (unpaired) electrons. The minimum atomic E-state index is -0.448. The van der Waals surface area contributed by atoms with Crippen molar-refractivity contribution in [2.45, 2.75) is 6.61 Å². The van der Waals surface area contributed by atoms with E-state index in [4.69, 9.17) is 4.74 Å². The maximum atomic E-state index is 11.9. The zero-order valence-corrected chi connectivity index (χ0v) is 14.6. The average molecular weight is 370 g/mol. The van der Waals surface area contributed by atoms with E-state index < -0.39 is 4.92 Å². The van der Waals surface area contributed by atoms with Crippen LogP contribution in [0.1, 0.15) is 11.1 Å². The molecule has 2 aromatic carbocycles. The number of imide groups is 1. The highest BCUT2D eigenvalue weighted by atomic mass is 32.2. The highest BCUT2D eigenvalue weighted by Gasteiger charge is 2.31. The van der Waals surface area contributed by atoms with Gasteiger partial charge in [0, 0.05) is 19.2 Å². The number of amides is 2. The molecule has 7 nitrogen and oxygen atoms in total. The Morgan fingerprint density at radius 3 is 2.54 bits per heavy atom. The number of ether oxygens (including phenoxy) is 1. The molecular formula is C18H14N2O5S. The van der Waals surface area contributed by atoms with Gasteiger partial charge < -0.3 is 4.74 Å². The first kappa shape index (κ1) is 17.7. The molecule has 0 N–H and O–H groups in total. The third-order valence-electron chi connectivity index (χ3n) is 3.69. The molecule has 0 spiro atoms. The summed E-state index contributed by atoms with van der Waals surface area (Å²) in [6.07, 6.45) is 1.65. The van der Waals surface area contributed by atoms with Gasteiger partial charge in [-0.1, -0.05) is 24.3 Å². The lowest BCUT2D eigenvalue weighted by molar-refractivity contribution is -0.384. The van der Waals surface area contributed by atoms with E-state index in [0.717, 1.165) is 22.2 Å². The summed E-state index contributed by atoms with van der Waals surface area (Å²) < 4.78 is 5.63. The Labute approximate surface area is 153 Å². The predicted octanol–water partition coefficient (Wildman–Crippen LogP) is 3.84. The number of thioether (sulfide) groups is 1. The summed E-state index contributed by atoms with van der Waals surface area (Å²) >= 11 is 0.904. The molecule has 0 unspecified atom stereocenters. The molecule has 3 rings (SSSR count). The second-order valence-corrected chi connectivity index (χ2v) is 6.52. The number of hydrogen-bond acceptors (Lipinski definition) is 6. The Bertz CT molecular complexity index is 908. The number of non-ortho nitro benzene ring substituents is 1. The fraction of sp³-hybridized carbons (Fsp3) is 0.111. The van der Waals surface area contributed by atoms with E-state index in [2.05, 4.69) is 0 Å². The van der Waals surface area contributed by atoms with Crippen LogP contribution in [0.4, 0.5) is 10.5 Å². The van der Waals surface area contributed by atoms with Crippen molar-refractivity contribution < 1.29 is 19.2 Å². The van der Waals surface area contributed by atoms with Crippen LogP contribution in [0.2, 0.25) is 0 Å². The molecule has 0 atom stereocenters. The third kappa shape index (κ3) is 3.92. The molecule has 2 aromatic rings. The number of nitro groups is 1. The SMILES string of the molecule is CN1C(=O)S/C(=C/c2ccc(OCc3cccc([N+](=O)[O-])c3)cc2)C1=O. The number of likely N-dealkylation sites (N-methyl/N-ethyl adjacent to an activating group) is 1. The van der Waals surface area contributed by atoms with Crippen molar-refractivity contribution in [1.82, 2.24) is 4.90 Å². The molecule has 0 aliphatic carbocycles.